The van der Waals surface area contributed by atoms with Crippen LogP contribution in [0.5, 0.6) is 0 Å². The van der Waals surface area contributed by atoms with Crippen molar-refractivity contribution in [2.45, 2.75) is 31.7 Å². The van der Waals surface area contributed by atoms with Gasteiger partial charge < -0.3 is 10.1 Å². The van der Waals surface area contributed by atoms with Gasteiger partial charge in [0.15, 0.2) is 5.17 Å². The molecule has 14 heavy (non-hydrogen) atoms. The van der Waals surface area contributed by atoms with Crippen LogP contribution < -0.4 is 5.32 Å². The smallest absolute Gasteiger partial charge is 0.157 e. The fourth-order valence-corrected chi connectivity index (χ4v) is 3.08. The molecule has 2 fully saturated rings. The standard InChI is InChI=1S/C10H18N2OS/c1-2-5-11-9-12-10(8-14-9)3-6-13-7-4-10/h2-8H2,1H3,(H,11,12). The average molecular weight is 214 g/mol. The van der Waals surface area contributed by atoms with Crippen molar-refractivity contribution in [1.29, 1.82) is 0 Å². The molecule has 3 nitrogen and oxygen atoms in total. The zero-order valence-corrected chi connectivity index (χ0v) is 9.53. The maximum Gasteiger partial charge on any atom is 0.157 e. The summed E-state index contributed by atoms with van der Waals surface area (Å²) in [5.41, 5.74) is 0.301. The van der Waals surface area contributed by atoms with Crippen LogP contribution in [0.25, 0.3) is 0 Å². The minimum Gasteiger partial charge on any atom is -0.381 e. The van der Waals surface area contributed by atoms with Crippen LogP contribution in [-0.4, -0.2) is 36.2 Å². The molecule has 0 atom stereocenters. The molecule has 1 spiro atoms. The number of ether oxygens (including phenoxy) is 1. The first-order chi connectivity index (χ1) is 6.85. The summed E-state index contributed by atoms with van der Waals surface area (Å²) >= 11 is 1.87. The molecule has 0 aromatic heterocycles. The summed E-state index contributed by atoms with van der Waals surface area (Å²) in [6, 6.07) is 0. The minimum atomic E-state index is 0.301. The van der Waals surface area contributed by atoms with Crippen LogP contribution in [-0.2, 0) is 4.74 Å². The fourth-order valence-electron chi connectivity index (χ4n) is 1.84. The molecule has 0 aromatic carbocycles. The van der Waals surface area contributed by atoms with Crippen LogP contribution in [0.3, 0.4) is 0 Å². The van der Waals surface area contributed by atoms with E-state index in [9.17, 15) is 0 Å². The van der Waals surface area contributed by atoms with E-state index in [1.165, 1.54) is 5.75 Å². The molecule has 0 aliphatic carbocycles. The molecule has 0 radical (unpaired) electrons. The molecule has 0 unspecified atom stereocenters. The van der Waals surface area contributed by atoms with Gasteiger partial charge in [0.05, 0.1) is 5.54 Å². The predicted octanol–water partition coefficient (Wildman–Crippen LogP) is 1.64. The van der Waals surface area contributed by atoms with Gasteiger partial charge in [0, 0.05) is 25.5 Å². The van der Waals surface area contributed by atoms with Crippen LogP contribution in [0.1, 0.15) is 26.2 Å². The van der Waals surface area contributed by atoms with Gasteiger partial charge in [0.25, 0.3) is 0 Å². The van der Waals surface area contributed by atoms with Crippen LogP contribution in [0, 0.1) is 0 Å². The van der Waals surface area contributed by atoms with Crippen LogP contribution in [0.2, 0.25) is 0 Å². The number of rotatable bonds is 2. The quantitative estimate of drug-likeness (QED) is 0.758. The first-order valence-corrected chi connectivity index (χ1v) is 6.36. The topological polar surface area (TPSA) is 33.6 Å². The molecule has 2 heterocycles. The van der Waals surface area contributed by atoms with Crippen molar-refractivity contribution in [3.63, 3.8) is 0 Å². The van der Waals surface area contributed by atoms with Gasteiger partial charge in [-0.3, -0.25) is 4.99 Å². The van der Waals surface area contributed by atoms with E-state index < -0.39 is 0 Å². The maximum absolute atomic E-state index is 5.38. The Morgan fingerprint density at radius 3 is 3.00 bits per heavy atom. The Hall–Kier alpha value is -0.220. The van der Waals surface area contributed by atoms with Crippen molar-refractivity contribution in [3.8, 4) is 0 Å². The van der Waals surface area contributed by atoms with Gasteiger partial charge in [-0.1, -0.05) is 18.7 Å². The largest absolute Gasteiger partial charge is 0.381 e. The number of nitrogens with zero attached hydrogens (tertiary/aromatic N) is 1. The van der Waals surface area contributed by atoms with Gasteiger partial charge in [0.1, 0.15) is 0 Å². The Morgan fingerprint density at radius 1 is 1.50 bits per heavy atom. The monoisotopic (exact) mass is 214 g/mol. The SMILES string of the molecule is CCCN=C1NC2(CCOCC2)CS1. The average Bonchev–Trinajstić information content (AvgIpc) is 2.60. The Labute approximate surface area is 89.7 Å². The van der Waals surface area contributed by atoms with Crippen LogP contribution in [0.4, 0.5) is 0 Å². The Kier molecular flexibility index (Phi) is 3.34. The highest BCUT2D eigenvalue weighted by molar-refractivity contribution is 8.14. The summed E-state index contributed by atoms with van der Waals surface area (Å²) < 4.78 is 5.38. The third-order valence-corrected chi connectivity index (χ3v) is 3.99. The van der Waals surface area contributed by atoms with E-state index in [1.807, 2.05) is 11.8 Å². The molecule has 0 saturated carbocycles. The number of thioether (sulfide) groups is 1. The molecule has 2 rings (SSSR count). The fraction of sp³-hybridized carbons (Fsp3) is 0.900. The van der Waals surface area contributed by atoms with Gasteiger partial charge in [-0.05, 0) is 19.3 Å². The lowest BCUT2D eigenvalue weighted by Gasteiger charge is -2.32. The molecule has 0 amide bonds. The molecule has 2 aliphatic heterocycles. The van der Waals surface area contributed by atoms with E-state index in [0.29, 0.717) is 5.54 Å². The van der Waals surface area contributed by atoms with Gasteiger partial charge in [0.2, 0.25) is 0 Å². The lowest BCUT2D eigenvalue weighted by Crippen LogP contribution is -2.48. The van der Waals surface area contributed by atoms with Crippen molar-refractivity contribution in [1.82, 2.24) is 5.32 Å². The number of amidine groups is 1. The number of nitrogens with one attached hydrogen (secondary N) is 1. The summed E-state index contributed by atoms with van der Waals surface area (Å²) in [6.07, 6.45) is 3.39. The van der Waals surface area contributed by atoms with Crippen molar-refractivity contribution in [2.75, 3.05) is 25.5 Å². The van der Waals surface area contributed by atoms with Crippen molar-refractivity contribution in [3.05, 3.63) is 0 Å². The highest BCUT2D eigenvalue weighted by Crippen LogP contribution is 2.31. The zero-order chi connectivity index (χ0) is 9.86. The van der Waals surface area contributed by atoms with Gasteiger partial charge >= 0.3 is 0 Å². The van der Waals surface area contributed by atoms with E-state index in [4.69, 9.17) is 4.74 Å². The molecule has 2 saturated heterocycles. The first kappa shape index (κ1) is 10.3. The zero-order valence-electron chi connectivity index (χ0n) is 8.71. The van der Waals surface area contributed by atoms with E-state index in [0.717, 1.165) is 44.2 Å². The highest BCUT2D eigenvalue weighted by Gasteiger charge is 2.38. The second-order valence-corrected chi connectivity index (χ2v) is 4.96. The molecular formula is C10H18N2OS. The van der Waals surface area contributed by atoms with E-state index in [2.05, 4.69) is 17.2 Å². The maximum atomic E-state index is 5.38. The molecule has 80 valence electrons. The van der Waals surface area contributed by atoms with Gasteiger partial charge in [-0.15, -0.1) is 0 Å². The summed E-state index contributed by atoms with van der Waals surface area (Å²) in [7, 11) is 0. The molecule has 0 aromatic rings. The summed E-state index contributed by atoms with van der Waals surface area (Å²) in [6.45, 7) is 4.90. The van der Waals surface area contributed by atoms with Crippen molar-refractivity contribution < 1.29 is 4.74 Å². The Bertz CT molecular complexity index is 224. The molecule has 1 N–H and O–H groups in total. The lowest BCUT2D eigenvalue weighted by molar-refractivity contribution is 0.0555. The number of hydrogen-bond acceptors (Lipinski definition) is 3. The van der Waals surface area contributed by atoms with Crippen LogP contribution >= 0.6 is 11.8 Å². The van der Waals surface area contributed by atoms with E-state index in [-0.39, 0.29) is 0 Å². The molecule has 4 heteroatoms. The van der Waals surface area contributed by atoms with E-state index >= 15 is 0 Å². The van der Waals surface area contributed by atoms with E-state index in [1.54, 1.807) is 0 Å². The minimum absolute atomic E-state index is 0.301. The summed E-state index contributed by atoms with van der Waals surface area (Å²) in [4.78, 5) is 4.52. The lowest BCUT2D eigenvalue weighted by atomic mass is 9.93. The third-order valence-electron chi connectivity index (χ3n) is 2.79. The van der Waals surface area contributed by atoms with Crippen LogP contribution in [0.15, 0.2) is 4.99 Å². The normalized spacial score (nSPS) is 28.2. The second kappa shape index (κ2) is 4.53. The first-order valence-electron chi connectivity index (χ1n) is 5.38. The molecule has 0 bridgehead atoms. The highest BCUT2D eigenvalue weighted by atomic mass is 32.2. The summed E-state index contributed by atoms with van der Waals surface area (Å²) in [5.74, 6) is 1.17. The van der Waals surface area contributed by atoms with Crippen molar-refractivity contribution >= 4 is 16.9 Å². The van der Waals surface area contributed by atoms with Gasteiger partial charge in [-0.2, -0.15) is 0 Å². The second-order valence-electron chi connectivity index (χ2n) is 3.99. The number of hydrogen-bond donors (Lipinski definition) is 1. The van der Waals surface area contributed by atoms with Crippen molar-refractivity contribution in [2.24, 2.45) is 4.99 Å². The molecule has 2 aliphatic rings. The predicted molar refractivity (Wildman–Crippen MR) is 61.0 cm³/mol. The number of aliphatic imine (C=N–C) groups is 1. The molecular weight excluding hydrogens is 196 g/mol. The Balaban J connectivity index is 1.92. The van der Waals surface area contributed by atoms with Gasteiger partial charge in [-0.25, -0.2) is 0 Å². The summed E-state index contributed by atoms with van der Waals surface area (Å²) in [5, 5.41) is 4.72. The third kappa shape index (κ3) is 2.23. The Morgan fingerprint density at radius 2 is 2.29 bits per heavy atom.